The Morgan fingerprint density at radius 1 is 1.22 bits per heavy atom. The first kappa shape index (κ1) is 13.8. The zero-order valence-electron chi connectivity index (χ0n) is 11.6. The Morgan fingerprint density at radius 3 is 2.28 bits per heavy atom. The maximum absolute atomic E-state index is 6.20. The van der Waals surface area contributed by atoms with Crippen LogP contribution in [0.15, 0.2) is 12.3 Å². The Kier molecular flexibility index (Phi) is 3.47. The molecular formula is C13H19BClNO2. The van der Waals surface area contributed by atoms with Crippen LogP contribution in [0.3, 0.4) is 0 Å². The van der Waals surface area contributed by atoms with Crippen LogP contribution >= 0.6 is 11.6 Å². The van der Waals surface area contributed by atoms with Crippen molar-refractivity contribution in [2.24, 2.45) is 0 Å². The topological polar surface area (TPSA) is 31.4 Å². The number of aryl methyl sites for hydroxylation is 1. The van der Waals surface area contributed by atoms with Crippen molar-refractivity contribution in [1.82, 2.24) is 4.98 Å². The van der Waals surface area contributed by atoms with Crippen LogP contribution in [0, 0.1) is 0 Å². The second kappa shape index (κ2) is 4.51. The maximum atomic E-state index is 6.20. The molecule has 18 heavy (non-hydrogen) atoms. The third kappa shape index (κ3) is 2.17. The summed E-state index contributed by atoms with van der Waals surface area (Å²) in [5, 5.41) is 0.466. The fourth-order valence-corrected chi connectivity index (χ4v) is 2.27. The first-order chi connectivity index (χ1) is 8.28. The molecular weight excluding hydrogens is 248 g/mol. The zero-order chi connectivity index (χ0) is 13.6. The Balaban J connectivity index is 2.41. The molecule has 0 bridgehead atoms. The highest BCUT2D eigenvalue weighted by molar-refractivity contribution is 6.66. The van der Waals surface area contributed by atoms with Crippen LogP contribution < -0.4 is 5.46 Å². The number of hydrogen-bond donors (Lipinski definition) is 0. The summed E-state index contributed by atoms with van der Waals surface area (Å²) in [6.45, 7) is 10.2. The van der Waals surface area contributed by atoms with Gasteiger partial charge in [0, 0.05) is 11.7 Å². The molecule has 98 valence electrons. The first-order valence-corrected chi connectivity index (χ1v) is 6.65. The second-order valence-electron chi connectivity index (χ2n) is 5.62. The van der Waals surface area contributed by atoms with E-state index < -0.39 is 7.12 Å². The highest BCUT2D eigenvalue weighted by Crippen LogP contribution is 2.37. The quantitative estimate of drug-likeness (QED) is 0.610. The summed E-state index contributed by atoms with van der Waals surface area (Å²) in [5.41, 5.74) is 1.26. The minimum atomic E-state index is -0.439. The van der Waals surface area contributed by atoms with Crippen molar-refractivity contribution < 1.29 is 9.31 Å². The average molecular weight is 268 g/mol. The molecule has 0 aliphatic carbocycles. The van der Waals surface area contributed by atoms with Crippen LogP contribution in [-0.4, -0.2) is 23.3 Å². The Hall–Kier alpha value is -0.575. The van der Waals surface area contributed by atoms with Gasteiger partial charge in [-0.1, -0.05) is 18.5 Å². The number of nitrogens with zero attached hydrogens (tertiary/aromatic N) is 1. The van der Waals surface area contributed by atoms with Gasteiger partial charge in [-0.25, -0.2) is 4.98 Å². The highest BCUT2D eigenvalue weighted by atomic mass is 35.5. The van der Waals surface area contributed by atoms with Crippen molar-refractivity contribution >= 4 is 24.2 Å². The Morgan fingerprint density at radius 2 is 1.78 bits per heavy atom. The fourth-order valence-electron chi connectivity index (χ4n) is 2.00. The number of hydrogen-bond acceptors (Lipinski definition) is 3. The van der Waals surface area contributed by atoms with E-state index >= 15 is 0 Å². The van der Waals surface area contributed by atoms with E-state index in [0.29, 0.717) is 5.15 Å². The summed E-state index contributed by atoms with van der Waals surface area (Å²) in [4.78, 5) is 4.13. The molecule has 1 aromatic heterocycles. The molecule has 1 aliphatic heterocycles. The van der Waals surface area contributed by atoms with E-state index in [1.54, 1.807) is 6.20 Å². The molecule has 0 saturated carbocycles. The third-order valence-corrected chi connectivity index (χ3v) is 4.20. The lowest BCUT2D eigenvalue weighted by molar-refractivity contribution is 0.00578. The molecule has 1 aliphatic rings. The molecule has 0 N–H and O–H groups in total. The first-order valence-electron chi connectivity index (χ1n) is 6.27. The van der Waals surface area contributed by atoms with E-state index in [1.807, 2.05) is 33.8 Å². The van der Waals surface area contributed by atoms with Crippen molar-refractivity contribution in [2.45, 2.75) is 52.2 Å². The fraction of sp³-hybridized carbons (Fsp3) is 0.615. The van der Waals surface area contributed by atoms with Crippen LogP contribution in [0.1, 0.15) is 40.2 Å². The summed E-state index contributed by atoms with van der Waals surface area (Å²) in [7, 11) is -0.439. The van der Waals surface area contributed by atoms with Gasteiger partial charge in [0.1, 0.15) is 5.15 Å². The largest absolute Gasteiger partial charge is 0.498 e. The lowest BCUT2D eigenvalue weighted by Crippen LogP contribution is -2.41. The average Bonchev–Trinajstić information content (AvgIpc) is 2.47. The molecule has 0 spiro atoms. The number of rotatable bonds is 2. The van der Waals surface area contributed by atoms with Crippen molar-refractivity contribution in [3.63, 3.8) is 0 Å². The lowest BCUT2D eigenvalue weighted by atomic mass is 9.76. The van der Waals surface area contributed by atoms with Gasteiger partial charge in [-0.3, -0.25) is 0 Å². The Bertz CT molecular complexity index is 446. The molecule has 2 rings (SSSR count). The molecule has 2 heterocycles. The molecule has 3 nitrogen and oxygen atoms in total. The van der Waals surface area contributed by atoms with Gasteiger partial charge < -0.3 is 9.31 Å². The molecule has 0 unspecified atom stereocenters. The third-order valence-electron chi connectivity index (χ3n) is 3.90. The van der Waals surface area contributed by atoms with E-state index in [2.05, 4.69) is 11.9 Å². The summed E-state index contributed by atoms with van der Waals surface area (Å²) >= 11 is 6.20. The van der Waals surface area contributed by atoms with Crippen molar-refractivity contribution in [1.29, 1.82) is 0 Å². The van der Waals surface area contributed by atoms with Crippen molar-refractivity contribution in [2.75, 3.05) is 0 Å². The summed E-state index contributed by atoms with van der Waals surface area (Å²) in [6, 6.07) is 1.96. The molecule has 1 saturated heterocycles. The van der Waals surface area contributed by atoms with Gasteiger partial charge in [-0.2, -0.15) is 0 Å². The molecule has 0 atom stereocenters. The van der Waals surface area contributed by atoms with Gasteiger partial charge >= 0.3 is 7.12 Å². The van der Waals surface area contributed by atoms with E-state index in [-0.39, 0.29) is 11.2 Å². The minimum Gasteiger partial charge on any atom is -0.399 e. The summed E-state index contributed by atoms with van der Waals surface area (Å²) in [5.74, 6) is 0. The smallest absolute Gasteiger partial charge is 0.399 e. The predicted octanol–water partition coefficient (Wildman–Crippen LogP) is 2.60. The number of aromatic nitrogens is 1. The highest BCUT2D eigenvalue weighted by Gasteiger charge is 2.52. The van der Waals surface area contributed by atoms with Gasteiger partial charge in [0.05, 0.1) is 11.2 Å². The number of halogens is 1. The molecule has 1 fully saturated rings. The van der Waals surface area contributed by atoms with Crippen LogP contribution in [0.2, 0.25) is 5.15 Å². The van der Waals surface area contributed by atoms with Gasteiger partial charge in [-0.05, 0) is 45.7 Å². The lowest BCUT2D eigenvalue weighted by Gasteiger charge is -2.32. The standard InChI is InChI=1S/C13H19BClNO2/c1-6-9-7-8-16-11(15)10(9)14-17-12(2,3)13(4,5)18-14/h7-8H,6H2,1-5H3. The predicted molar refractivity (Wildman–Crippen MR) is 74.3 cm³/mol. The maximum Gasteiger partial charge on any atom is 0.498 e. The zero-order valence-corrected chi connectivity index (χ0v) is 12.3. The molecule has 0 radical (unpaired) electrons. The monoisotopic (exact) mass is 267 g/mol. The van der Waals surface area contributed by atoms with Gasteiger partial charge in [0.15, 0.2) is 0 Å². The van der Waals surface area contributed by atoms with Gasteiger partial charge in [0.25, 0.3) is 0 Å². The second-order valence-corrected chi connectivity index (χ2v) is 5.97. The van der Waals surface area contributed by atoms with E-state index in [9.17, 15) is 0 Å². The van der Waals surface area contributed by atoms with Crippen LogP contribution in [0.5, 0.6) is 0 Å². The summed E-state index contributed by atoms with van der Waals surface area (Å²) in [6.07, 6.45) is 2.59. The summed E-state index contributed by atoms with van der Waals surface area (Å²) < 4.78 is 12.1. The SMILES string of the molecule is CCc1ccnc(Cl)c1B1OC(C)(C)C(C)(C)O1. The van der Waals surface area contributed by atoms with E-state index in [4.69, 9.17) is 20.9 Å². The van der Waals surface area contributed by atoms with Crippen molar-refractivity contribution in [3.05, 3.63) is 23.0 Å². The molecule has 0 aromatic carbocycles. The van der Waals surface area contributed by atoms with Crippen LogP contribution in [0.25, 0.3) is 0 Å². The van der Waals surface area contributed by atoms with E-state index in [1.165, 1.54) is 0 Å². The van der Waals surface area contributed by atoms with Crippen molar-refractivity contribution in [3.8, 4) is 0 Å². The van der Waals surface area contributed by atoms with E-state index in [0.717, 1.165) is 17.4 Å². The number of pyridine rings is 1. The van der Waals surface area contributed by atoms with Gasteiger partial charge in [-0.15, -0.1) is 0 Å². The Labute approximate surface area is 114 Å². The minimum absolute atomic E-state index is 0.359. The van der Waals surface area contributed by atoms with Crippen LogP contribution in [-0.2, 0) is 15.7 Å². The molecule has 0 amide bonds. The molecule has 1 aromatic rings. The molecule has 5 heteroatoms. The normalized spacial score (nSPS) is 21.3. The van der Waals surface area contributed by atoms with Crippen LogP contribution in [0.4, 0.5) is 0 Å². The van der Waals surface area contributed by atoms with Gasteiger partial charge in [0.2, 0.25) is 0 Å².